The van der Waals surface area contributed by atoms with Crippen molar-refractivity contribution in [2.45, 2.75) is 52.1 Å². The second-order valence-electron chi connectivity index (χ2n) is 6.51. The molecule has 23 heavy (non-hydrogen) atoms. The normalized spacial score (nSPS) is 21.5. The number of rotatable bonds is 4. The van der Waals surface area contributed by atoms with Crippen molar-refractivity contribution in [2.24, 2.45) is 0 Å². The summed E-state index contributed by atoms with van der Waals surface area (Å²) in [5.41, 5.74) is -0.196. The Morgan fingerprint density at radius 3 is 2.39 bits per heavy atom. The molecule has 124 valence electrons. The zero-order chi connectivity index (χ0) is 17.6. The summed E-state index contributed by atoms with van der Waals surface area (Å²) in [7, 11) is 0. The van der Waals surface area contributed by atoms with Crippen molar-refractivity contribution in [2.75, 3.05) is 0 Å². The van der Waals surface area contributed by atoms with E-state index < -0.39 is 29.0 Å². The number of carboxylic acid groups (broad SMARTS) is 1. The van der Waals surface area contributed by atoms with Gasteiger partial charge in [-0.2, -0.15) is 0 Å². The van der Waals surface area contributed by atoms with E-state index in [-0.39, 0.29) is 0 Å². The van der Waals surface area contributed by atoms with Gasteiger partial charge in [0, 0.05) is 0 Å². The van der Waals surface area contributed by atoms with E-state index in [2.05, 4.69) is 5.32 Å². The van der Waals surface area contributed by atoms with Gasteiger partial charge in [-0.15, -0.1) is 0 Å². The molecule has 1 aromatic rings. The van der Waals surface area contributed by atoms with Gasteiger partial charge in [-0.3, -0.25) is 4.79 Å². The minimum atomic E-state index is -1.61. The molecule has 6 nitrogen and oxygen atoms in total. The molecule has 0 spiro atoms. The lowest BCUT2D eigenvalue weighted by atomic mass is 9.83. The van der Waals surface area contributed by atoms with Gasteiger partial charge in [-0.05, 0) is 45.2 Å². The van der Waals surface area contributed by atoms with Gasteiger partial charge < -0.3 is 10.4 Å². The van der Waals surface area contributed by atoms with Crippen LogP contribution in [0.25, 0.3) is 0 Å². The lowest BCUT2D eigenvalue weighted by Crippen LogP contribution is -2.54. The number of carbonyl (C=O) groups is 3. The lowest BCUT2D eigenvalue weighted by Gasteiger charge is -2.31. The number of hydrogen-bond donors (Lipinski definition) is 2. The first-order chi connectivity index (χ1) is 10.6. The third kappa shape index (κ3) is 2.38. The Bertz CT molecular complexity index is 696. The summed E-state index contributed by atoms with van der Waals surface area (Å²) in [5.74, 6) is -1.75. The number of hydrogen-bond acceptors (Lipinski definition) is 3. The van der Waals surface area contributed by atoms with Crippen LogP contribution in [0.5, 0.6) is 0 Å². The SMILES string of the molecule is CCC1(c2ccc(C)cc2C)NC(=O)N(C(C)(C)C(=O)O)C1=O. The highest BCUT2D eigenvalue weighted by atomic mass is 16.4. The van der Waals surface area contributed by atoms with Crippen LogP contribution in [0.4, 0.5) is 4.79 Å². The van der Waals surface area contributed by atoms with Gasteiger partial charge in [0.2, 0.25) is 0 Å². The number of carbonyl (C=O) groups excluding carboxylic acids is 2. The van der Waals surface area contributed by atoms with Gasteiger partial charge >= 0.3 is 12.0 Å². The Labute approximate surface area is 135 Å². The highest BCUT2D eigenvalue weighted by Crippen LogP contribution is 2.37. The second-order valence-corrected chi connectivity index (χ2v) is 6.51. The maximum absolute atomic E-state index is 13.0. The molecule has 2 rings (SSSR count). The summed E-state index contributed by atoms with van der Waals surface area (Å²) >= 11 is 0. The number of benzene rings is 1. The van der Waals surface area contributed by atoms with Crippen LogP contribution in [-0.4, -0.2) is 33.5 Å². The van der Waals surface area contributed by atoms with Crippen LogP contribution in [-0.2, 0) is 15.1 Å². The largest absolute Gasteiger partial charge is 0.480 e. The molecule has 1 aliphatic rings. The standard InChI is InChI=1S/C17H22N2O4/c1-6-17(12-8-7-10(2)9-11(12)3)13(20)19(15(23)18-17)16(4,5)14(21)22/h7-9H,6H2,1-5H3,(H,18,23)(H,21,22). The van der Waals surface area contributed by atoms with Crippen LogP contribution in [0.1, 0.15) is 43.9 Å². The maximum Gasteiger partial charge on any atom is 0.329 e. The smallest absolute Gasteiger partial charge is 0.329 e. The van der Waals surface area contributed by atoms with Crippen LogP contribution >= 0.6 is 0 Å². The number of imide groups is 1. The Morgan fingerprint density at radius 1 is 1.30 bits per heavy atom. The zero-order valence-electron chi connectivity index (χ0n) is 14.1. The highest BCUT2D eigenvalue weighted by molar-refractivity contribution is 6.10. The van der Waals surface area contributed by atoms with Gasteiger partial charge in [-0.25, -0.2) is 14.5 Å². The second kappa shape index (κ2) is 5.37. The first kappa shape index (κ1) is 17.0. The summed E-state index contributed by atoms with van der Waals surface area (Å²) in [4.78, 5) is 37.7. The molecule has 1 aliphatic heterocycles. The first-order valence-corrected chi connectivity index (χ1v) is 7.56. The topological polar surface area (TPSA) is 86.7 Å². The van der Waals surface area contributed by atoms with E-state index in [4.69, 9.17) is 0 Å². The predicted octanol–water partition coefficient (Wildman–Crippen LogP) is 2.32. The molecule has 1 saturated heterocycles. The molecule has 1 heterocycles. The van der Waals surface area contributed by atoms with Crippen molar-refractivity contribution < 1.29 is 19.5 Å². The number of nitrogens with zero attached hydrogens (tertiary/aromatic N) is 1. The molecule has 3 amide bonds. The minimum Gasteiger partial charge on any atom is -0.480 e. The molecule has 6 heteroatoms. The summed E-state index contributed by atoms with van der Waals surface area (Å²) in [5, 5.41) is 12.1. The summed E-state index contributed by atoms with van der Waals surface area (Å²) in [6.07, 6.45) is 0.341. The fourth-order valence-electron chi connectivity index (χ4n) is 3.08. The maximum atomic E-state index is 13.0. The van der Waals surface area contributed by atoms with Crippen molar-refractivity contribution >= 4 is 17.9 Å². The van der Waals surface area contributed by atoms with Crippen molar-refractivity contribution in [1.29, 1.82) is 0 Å². The average Bonchev–Trinajstić information content (AvgIpc) is 2.70. The van der Waals surface area contributed by atoms with E-state index in [0.29, 0.717) is 12.0 Å². The molecule has 2 N–H and O–H groups in total. The average molecular weight is 318 g/mol. The van der Waals surface area contributed by atoms with E-state index in [0.717, 1.165) is 16.0 Å². The first-order valence-electron chi connectivity index (χ1n) is 7.56. The van der Waals surface area contributed by atoms with E-state index in [1.54, 1.807) is 6.92 Å². The number of carboxylic acids is 1. The summed E-state index contributed by atoms with van der Waals surface area (Å²) in [6.45, 7) is 8.32. The van der Waals surface area contributed by atoms with Crippen molar-refractivity contribution in [3.63, 3.8) is 0 Å². The number of amides is 3. The van der Waals surface area contributed by atoms with Gasteiger partial charge in [0.1, 0.15) is 11.1 Å². The molecule has 0 bridgehead atoms. The van der Waals surface area contributed by atoms with E-state index in [9.17, 15) is 19.5 Å². The van der Waals surface area contributed by atoms with Crippen LogP contribution < -0.4 is 5.32 Å². The van der Waals surface area contributed by atoms with Gasteiger partial charge in [0.15, 0.2) is 0 Å². The molecule has 1 aromatic carbocycles. The third-order valence-corrected chi connectivity index (χ3v) is 4.55. The molecular weight excluding hydrogens is 296 g/mol. The fraction of sp³-hybridized carbons (Fsp3) is 0.471. The molecule has 0 aliphatic carbocycles. The Hall–Kier alpha value is -2.37. The summed E-state index contributed by atoms with van der Waals surface area (Å²) < 4.78 is 0. The van der Waals surface area contributed by atoms with Gasteiger partial charge in [-0.1, -0.05) is 30.7 Å². The molecule has 0 saturated carbocycles. The minimum absolute atomic E-state index is 0.341. The van der Waals surface area contributed by atoms with E-state index in [1.807, 2.05) is 32.0 Å². The zero-order valence-corrected chi connectivity index (χ0v) is 14.1. The highest BCUT2D eigenvalue weighted by Gasteiger charge is 2.57. The van der Waals surface area contributed by atoms with Crippen LogP contribution in [0, 0.1) is 13.8 Å². The van der Waals surface area contributed by atoms with Gasteiger partial charge in [0.25, 0.3) is 5.91 Å². The number of aliphatic carboxylic acids is 1. The van der Waals surface area contributed by atoms with E-state index in [1.165, 1.54) is 13.8 Å². The fourth-order valence-corrected chi connectivity index (χ4v) is 3.08. The summed E-state index contributed by atoms with van der Waals surface area (Å²) in [6, 6.07) is 4.97. The molecule has 0 radical (unpaired) electrons. The lowest BCUT2D eigenvalue weighted by molar-refractivity contribution is -0.153. The number of nitrogens with one attached hydrogen (secondary N) is 1. The van der Waals surface area contributed by atoms with Gasteiger partial charge in [0.05, 0.1) is 0 Å². The van der Waals surface area contributed by atoms with Crippen molar-refractivity contribution in [3.05, 3.63) is 34.9 Å². The molecule has 1 fully saturated rings. The van der Waals surface area contributed by atoms with E-state index >= 15 is 0 Å². The Kier molecular flexibility index (Phi) is 3.96. The quantitative estimate of drug-likeness (QED) is 0.834. The monoisotopic (exact) mass is 318 g/mol. The number of urea groups is 1. The van der Waals surface area contributed by atoms with Crippen molar-refractivity contribution in [3.8, 4) is 0 Å². The predicted molar refractivity (Wildman–Crippen MR) is 85.0 cm³/mol. The number of aryl methyl sites for hydroxylation is 2. The third-order valence-electron chi connectivity index (χ3n) is 4.55. The Morgan fingerprint density at radius 2 is 1.91 bits per heavy atom. The van der Waals surface area contributed by atoms with Crippen molar-refractivity contribution in [1.82, 2.24) is 10.2 Å². The van der Waals surface area contributed by atoms with Crippen LogP contribution in [0.3, 0.4) is 0 Å². The Balaban J connectivity index is 2.59. The van der Waals surface area contributed by atoms with Crippen LogP contribution in [0.15, 0.2) is 18.2 Å². The molecule has 1 atom stereocenters. The molecule has 1 unspecified atom stereocenters. The molecular formula is C17H22N2O4. The molecule has 0 aromatic heterocycles. The van der Waals surface area contributed by atoms with Crippen LogP contribution in [0.2, 0.25) is 0 Å².